The number of aromatic amines is 1. The van der Waals surface area contributed by atoms with E-state index < -0.39 is 29.4 Å². The van der Waals surface area contributed by atoms with Gasteiger partial charge in [-0.2, -0.15) is 18.3 Å². The van der Waals surface area contributed by atoms with Gasteiger partial charge < -0.3 is 4.90 Å². The number of piperazine rings is 1. The molecule has 0 saturated carbocycles. The van der Waals surface area contributed by atoms with E-state index in [1.54, 1.807) is 0 Å². The van der Waals surface area contributed by atoms with Gasteiger partial charge in [0.05, 0.1) is 0 Å². The van der Waals surface area contributed by atoms with Crippen LogP contribution in [0.25, 0.3) is 0 Å². The number of halogens is 5. The predicted molar refractivity (Wildman–Crippen MR) is 81.1 cm³/mol. The molecule has 0 spiro atoms. The van der Waals surface area contributed by atoms with Crippen LogP contribution in [0.15, 0.2) is 24.3 Å². The van der Waals surface area contributed by atoms with Crippen molar-refractivity contribution in [3.63, 3.8) is 0 Å². The van der Waals surface area contributed by atoms with Gasteiger partial charge in [0.15, 0.2) is 17.3 Å². The molecule has 1 N–H and O–H groups in total. The second kappa shape index (κ2) is 7.02. The average molecular weight is 374 g/mol. The van der Waals surface area contributed by atoms with Crippen LogP contribution in [0.5, 0.6) is 0 Å². The first kappa shape index (κ1) is 18.3. The van der Waals surface area contributed by atoms with E-state index in [1.807, 2.05) is 10.00 Å². The number of aromatic nitrogens is 2. The van der Waals surface area contributed by atoms with Crippen molar-refractivity contribution in [1.82, 2.24) is 20.0 Å². The number of carbonyl (C=O) groups excluding carboxylic acids is 1. The highest BCUT2D eigenvalue weighted by Gasteiger charge is 2.34. The van der Waals surface area contributed by atoms with Gasteiger partial charge in [-0.25, -0.2) is 8.78 Å². The van der Waals surface area contributed by atoms with Crippen LogP contribution in [-0.2, 0) is 12.7 Å². The van der Waals surface area contributed by atoms with Gasteiger partial charge in [-0.05, 0) is 6.07 Å². The summed E-state index contributed by atoms with van der Waals surface area (Å²) in [5, 5.41) is 5.23. The summed E-state index contributed by atoms with van der Waals surface area (Å²) in [5.74, 6) is -2.43. The Kier molecular flexibility index (Phi) is 4.94. The standard InChI is InChI=1S/C16H15F5N4O/c17-11-3-1-2-10(14(11)18)9-24-4-6-25(7-5-24)15(26)12-8-13(23-22-12)16(19,20)21/h1-3,8H,4-7,9H2,(H,22,23). The highest BCUT2D eigenvalue weighted by molar-refractivity contribution is 5.92. The van der Waals surface area contributed by atoms with Crippen molar-refractivity contribution in [3.8, 4) is 0 Å². The normalized spacial score (nSPS) is 16.1. The van der Waals surface area contributed by atoms with Gasteiger partial charge in [0.2, 0.25) is 0 Å². The van der Waals surface area contributed by atoms with Gasteiger partial charge >= 0.3 is 6.18 Å². The SMILES string of the molecule is O=C(c1cc(C(F)(F)F)[nH]n1)N1CCN(Cc2cccc(F)c2F)CC1. The van der Waals surface area contributed by atoms with Gasteiger partial charge in [0, 0.05) is 44.4 Å². The van der Waals surface area contributed by atoms with Crippen molar-refractivity contribution in [3.05, 3.63) is 52.9 Å². The Morgan fingerprint density at radius 3 is 2.46 bits per heavy atom. The van der Waals surface area contributed by atoms with E-state index in [4.69, 9.17) is 0 Å². The number of hydrogen-bond acceptors (Lipinski definition) is 3. The van der Waals surface area contributed by atoms with E-state index in [1.165, 1.54) is 17.0 Å². The summed E-state index contributed by atoms with van der Waals surface area (Å²) in [6, 6.07) is 4.62. The molecular weight excluding hydrogens is 359 g/mol. The van der Waals surface area contributed by atoms with Crippen LogP contribution in [0.4, 0.5) is 22.0 Å². The molecule has 1 aliphatic rings. The summed E-state index contributed by atoms with van der Waals surface area (Å²) in [6.45, 7) is 1.47. The quantitative estimate of drug-likeness (QED) is 0.841. The highest BCUT2D eigenvalue weighted by Crippen LogP contribution is 2.28. The van der Waals surface area contributed by atoms with E-state index in [0.29, 0.717) is 19.2 Å². The average Bonchev–Trinajstić information content (AvgIpc) is 3.09. The summed E-state index contributed by atoms with van der Waals surface area (Å²) >= 11 is 0. The van der Waals surface area contributed by atoms with Crippen LogP contribution in [0.1, 0.15) is 21.7 Å². The van der Waals surface area contributed by atoms with Crippen molar-refractivity contribution in [2.24, 2.45) is 0 Å². The Balaban J connectivity index is 1.59. The maximum atomic E-state index is 13.7. The summed E-state index contributed by atoms with van der Waals surface area (Å²) < 4.78 is 64.6. The number of alkyl halides is 3. The van der Waals surface area contributed by atoms with Crippen LogP contribution in [0, 0.1) is 11.6 Å². The summed E-state index contributed by atoms with van der Waals surface area (Å²) in [6.07, 6.45) is -4.60. The summed E-state index contributed by atoms with van der Waals surface area (Å²) in [7, 11) is 0. The minimum atomic E-state index is -4.60. The van der Waals surface area contributed by atoms with E-state index in [0.717, 1.165) is 6.07 Å². The molecule has 1 aliphatic heterocycles. The van der Waals surface area contributed by atoms with E-state index >= 15 is 0 Å². The fourth-order valence-electron chi connectivity index (χ4n) is 2.76. The molecule has 2 heterocycles. The van der Waals surface area contributed by atoms with Crippen molar-refractivity contribution in [2.75, 3.05) is 26.2 Å². The van der Waals surface area contributed by atoms with Crippen molar-refractivity contribution in [2.45, 2.75) is 12.7 Å². The van der Waals surface area contributed by atoms with E-state index in [9.17, 15) is 26.7 Å². The molecule has 1 saturated heterocycles. The van der Waals surface area contributed by atoms with Crippen molar-refractivity contribution < 1.29 is 26.7 Å². The Morgan fingerprint density at radius 2 is 1.85 bits per heavy atom. The minimum Gasteiger partial charge on any atom is -0.335 e. The number of H-pyrrole nitrogens is 1. The summed E-state index contributed by atoms with van der Waals surface area (Å²) in [4.78, 5) is 15.5. The fourth-order valence-corrected chi connectivity index (χ4v) is 2.76. The molecule has 1 fully saturated rings. The molecule has 1 aromatic carbocycles. The number of rotatable bonds is 3. The zero-order valence-electron chi connectivity index (χ0n) is 13.5. The molecule has 10 heteroatoms. The number of nitrogens with one attached hydrogen (secondary N) is 1. The topological polar surface area (TPSA) is 52.2 Å². The fraction of sp³-hybridized carbons (Fsp3) is 0.375. The molecular formula is C16H15F5N4O. The maximum Gasteiger partial charge on any atom is 0.432 e. The minimum absolute atomic E-state index is 0.187. The molecule has 0 aliphatic carbocycles. The van der Waals surface area contributed by atoms with E-state index in [2.05, 4.69) is 5.10 Å². The first-order valence-corrected chi connectivity index (χ1v) is 7.83. The molecule has 1 amide bonds. The number of benzene rings is 1. The third-order valence-corrected chi connectivity index (χ3v) is 4.19. The van der Waals surface area contributed by atoms with Crippen LogP contribution in [0.3, 0.4) is 0 Å². The number of hydrogen-bond donors (Lipinski definition) is 1. The summed E-state index contributed by atoms with van der Waals surface area (Å²) in [5.41, 5.74) is -1.17. The first-order valence-electron chi connectivity index (χ1n) is 7.83. The lowest BCUT2D eigenvalue weighted by Gasteiger charge is -2.34. The number of carbonyl (C=O) groups is 1. The Hall–Kier alpha value is -2.49. The third-order valence-electron chi connectivity index (χ3n) is 4.19. The molecule has 0 atom stereocenters. The second-order valence-electron chi connectivity index (χ2n) is 5.95. The first-order chi connectivity index (χ1) is 12.3. The molecule has 26 heavy (non-hydrogen) atoms. The second-order valence-corrected chi connectivity index (χ2v) is 5.95. The zero-order chi connectivity index (χ0) is 18.9. The van der Waals surface area contributed by atoms with E-state index in [-0.39, 0.29) is 30.9 Å². The van der Waals surface area contributed by atoms with Gasteiger partial charge in [0.1, 0.15) is 5.69 Å². The van der Waals surface area contributed by atoms with Crippen LogP contribution in [0.2, 0.25) is 0 Å². The lowest BCUT2D eigenvalue weighted by atomic mass is 10.1. The van der Waals surface area contributed by atoms with Crippen LogP contribution >= 0.6 is 0 Å². The van der Waals surface area contributed by atoms with Crippen molar-refractivity contribution in [1.29, 1.82) is 0 Å². The van der Waals surface area contributed by atoms with Gasteiger partial charge in [-0.1, -0.05) is 12.1 Å². The Morgan fingerprint density at radius 1 is 1.15 bits per heavy atom. The molecule has 0 unspecified atom stereocenters. The zero-order valence-corrected chi connectivity index (χ0v) is 13.5. The Bertz CT molecular complexity index is 796. The Labute approximate surface area is 145 Å². The van der Waals surface area contributed by atoms with Crippen LogP contribution in [-0.4, -0.2) is 52.1 Å². The largest absolute Gasteiger partial charge is 0.432 e. The number of amides is 1. The van der Waals surface area contributed by atoms with Gasteiger partial charge in [0.25, 0.3) is 5.91 Å². The molecule has 2 aromatic rings. The van der Waals surface area contributed by atoms with Crippen molar-refractivity contribution >= 4 is 5.91 Å². The smallest absolute Gasteiger partial charge is 0.335 e. The molecule has 3 rings (SSSR count). The predicted octanol–water partition coefficient (Wildman–Crippen LogP) is 2.66. The molecule has 1 aromatic heterocycles. The lowest BCUT2D eigenvalue weighted by molar-refractivity contribution is -0.141. The molecule has 5 nitrogen and oxygen atoms in total. The molecule has 0 radical (unpaired) electrons. The van der Waals surface area contributed by atoms with Gasteiger partial charge in [-0.3, -0.25) is 14.8 Å². The lowest BCUT2D eigenvalue weighted by Crippen LogP contribution is -2.48. The monoisotopic (exact) mass is 374 g/mol. The highest BCUT2D eigenvalue weighted by atomic mass is 19.4. The molecule has 0 bridgehead atoms. The van der Waals surface area contributed by atoms with Crippen LogP contribution < -0.4 is 0 Å². The maximum absolute atomic E-state index is 13.7. The third kappa shape index (κ3) is 3.85. The molecule has 140 valence electrons. The van der Waals surface area contributed by atoms with Gasteiger partial charge in [-0.15, -0.1) is 0 Å². The number of nitrogens with zero attached hydrogens (tertiary/aromatic N) is 3.